The zero-order chi connectivity index (χ0) is 12.3. The molecule has 0 spiro atoms. The number of nitrogens with zero attached hydrogens (tertiary/aromatic N) is 1. The van der Waals surface area contributed by atoms with Crippen molar-refractivity contribution in [2.45, 2.75) is 13.8 Å². The smallest absolute Gasteiger partial charge is 0.256 e. The van der Waals surface area contributed by atoms with Gasteiger partial charge < -0.3 is 0 Å². The van der Waals surface area contributed by atoms with Crippen molar-refractivity contribution in [1.82, 2.24) is 9.62 Å². The molecule has 0 aliphatic carbocycles. The van der Waals surface area contributed by atoms with Gasteiger partial charge in [0.05, 0.1) is 5.75 Å². The van der Waals surface area contributed by atoms with Crippen LogP contribution in [-0.2, 0) is 19.6 Å². The fourth-order valence-corrected chi connectivity index (χ4v) is 2.36. The van der Waals surface area contributed by atoms with E-state index in [4.69, 9.17) is 0 Å². The van der Waals surface area contributed by atoms with Crippen LogP contribution in [0.15, 0.2) is 11.6 Å². The van der Waals surface area contributed by atoms with Crippen molar-refractivity contribution < 1.29 is 18.0 Å². The molecule has 1 aliphatic heterocycles. The molecule has 0 atom stereocenters. The lowest BCUT2D eigenvalue weighted by atomic mass is 10.3. The molecular weight excluding hydrogens is 232 g/mol. The average molecular weight is 246 g/mol. The first-order chi connectivity index (χ1) is 7.37. The maximum absolute atomic E-state index is 11.4. The molecule has 0 aromatic rings. The third kappa shape index (κ3) is 2.89. The van der Waals surface area contributed by atoms with Crippen LogP contribution in [0.25, 0.3) is 0 Å². The predicted molar refractivity (Wildman–Crippen MR) is 57.9 cm³/mol. The normalized spacial score (nSPS) is 16.9. The van der Waals surface area contributed by atoms with E-state index in [1.165, 1.54) is 13.0 Å². The van der Waals surface area contributed by atoms with E-state index in [1.54, 1.807) is 6.92 Å². The van der Waals surface area contributed by atoms with Crippen LogP contribution < -0.4 is 4.72 Å². The molecule has 1 N–H and O–H groups in total. The minimum Gasteiger partial charge on any atom is -0.274 e. The van der Waals surface area contributed by atoms with E-state index in [9.17, 15) is 18.0 Å². The average Bonchev–Trinajstić information content (AvgIpc) is 2.39. The van der Waals surface area contributed by atoms with E-state index in [0.717, 1.165) is 4.90 Å². The first-order valence-corrected chi connectivity index (χ1v) is 6.54. The quantitative estimate of drug-likeness (QED) is 0.646. The van der Waals surface area contributed by atoms with Crippen LogP contribution in [-0.4, -0.2) is 44.0 Å². The predicted octanol–water partition coefficient (Wildman–Crippen LogP) is -0.759. The second-order valence-corrected chi connectivity index (χ2v) is 5.37. The van der Waals surface area contributed by atoms with Gasteiger partial charge in [0.2, 0.25) is 10.0 Å². The highest BCUT2D eigenvalue weighted by molar-refractivity contribution is 7.89. The minimum atomic E-state index is -3.40. The van der Waals surface area contributed by atoms with Crippen LogP contribution in [0.3, 0.4) is 0 Å². The Kier molecular flexibility index (Phi) is 3.82. The number of nitrogens with one attached hydrogen (secondary N) is 1. The Bertz CT molecular complexity index is 438. The summed E-state index contributed by atoms with van der Waals surface area (Å²) < 4.78 is 24.9. The number of rotatable bonds is 5. The van der Waals surface area contributed by atoms with Gasteiger partial charge >= 0.3 is 0 Å². The molecule has 2 amide bonds. The Morgan fingerprint density at radius 1 is 1.38 bits per heavy atom. The maximum Gasteiger partial charge on any atom is 0.256 e. The summed E-state index contributed by atoms with van der Waals surface area (Å²) in [4.78, 5) is 23.6. The molecule has 0 saturated heterocycles. The second kappa shape index (κ2) is 4.75. The van der Waals surface area contributed by atoms with Crippen LogP contribution in [0, 0.1) is 0 Å². The molecule has 0 aromatic carbocycles. The van der Waals surface area contributed by atoms with E-state index < -0.39 is 21.8 Å². The molecule has 7 heteroatoms. The maximum atomic E-state index is 11.4. The van der Waals surface area contributed by atoms with Crippen molar-refractivity contribution in [1.29, 1.82) is 0 Å². The SMILES string of the molecule is CCNS(=O)(=O)CCN1C(=O)C=C(C)C1=O. The summed E-state index contributed by atoms with van der Waals surface area (Å²) in [5, 5.41) is 0. The Morgan fingerprint density at radius 3 is 2.44 bits per heavy atom. The van der Waals surface area contributed by atoms with Gasteiger partial charge in [-0.3, -0.25) is 14.5 Å². The highest BCUT2D eigenvalue weighted by Gasteiger charge is 2.29. The zero-order valence-corrected chi connectivity index (χ0v) is 10.0. The summed E-state index contributed by atoms with van der Waals surface area (Å²) in [5.74, 6) is -1.13. The minimum absolute atomic E-state index is 0.110. The molecule has 0 radical (unpaired) electrons. The number of imide groups is 1. The zero-order valence-electron chi connectivity index (χ0n) is 9.19. The summed E-state index contributed by atoms with van der Waals surface area (Å²) in [6.45, 7) is 3.37. The Hall–Kier alpha value is -1.21. The third-order valence-corrected chi connectivity index (χ3v) is 3.58. The Labute approximate surface area is 94.4 Å². The standard InChI is InChI=1S/C9H14N2O4S/c1-3-10-16(14,15)5-4-11-8(12)6-7(2)9(11)13/h6,10H,3-5H2,1-2H3. The molecule has 0 fully saturated rings. The first-order valence-electron chi connectivity index (χ1n) is 4.89. The van der Waals surface area contributed by atoms with E-state index in [2.05, 4.69) is 4.72 Å². The molecule has 0 saturated carbocycles. The molecular formula is C9H14N2O4S. The number of carbonyl (C=O) groups excluding carboxylic acids is 2. The Balaban J connectivity index is 2.59. The van der Waals surface area contributed by atoms with Gasteiger partial charge in [-0.05, 0) is 6.92 Å². The summed E-state index contributed by atoms with van der Waals surface area (Å²) in [7, 11) is -3.40. The van der Waals surface area contributed by atoms with Crippen LogP contribution >= 0.6 is 0 Å². The first kappa shape index (κ1) is 12.9. The number of hydrogen-bond donors (Lipinski definition) is 1. The van der Waals surface area contributed by atoms with Crippen LogP contribution in [0.4, 0.5) is 0 Å². The summed E-state index contributed by atoms with van der Waals surface area (Å²) in [6.07, 6.45) is 1.21. The van der Waals surface area contributed by atoms with Crippen molar-refractivity contribution >= 4 is 21.8 Å². The van der Waals surface area contributed by atoms with Crippen LogP contribution in [0.1, 0.15) is 13.8 Å². The molecule has 0 aromatic heterocycles. The van der Waals surface area contributed by atoms with E-state index in [-0.39, 0.29) is 12.3 Å². The molecule has 0 bridgehead atoms. The summed E-state index contributed by atoms with van der Waals surface area (Å²) in [6, 6.07) is 0. The molecule has 16 heavy (non-hydrogen) atoms. The number of carbonyl (C=O) groups is 2. The monoisotopic (exact) mass is 246 g/mol. The molecule has 6 nitrogen and oxygen atoms in total. The van der Waals surface area contributed by atoms with Gasteiger partial charge in [-0.1, -0.05) is 6.92 Å². The number of amides is 2. The van der Waals surface area contributed by atoms with Gasteiger partial charge in [-0.2, -0.15) is 0 Å². The van der Waals surface area contributed by atoms with E-state index >= 15 is 0 Å². The van der Waals surface area contributed by atoms with Gasteiger partial charge in [0.1, 0.15) is 0 Å². The molecule has 1 aliphatic rings. The third-order valence-electron chi connectivity index (χ3n) is 2.14. The lowest BCUT2D eigenvalue weighted by molar-refractivity contribution is -0.136. The largest absolute Gasteiger partial charge is 0.274 e. The fourth-order valence-electron chi connectivity index (χ4n) is 1.35. The van der Waals surface area contributed by atoms with E-state index in [1.807, 2.05) is 0 Å². The van der Waals surface area contributed by atoms with Gasteiger partial charge in [-0.25, -0.2) is 13.1 Å². The Morgan fingerprint density at radius 2 is 2.00 bits per heavy atom. The van der Waals surface area contributed by atoms with Crippen LogP contribution in [0.5, 0.6) is 0 Å². The van der Waals surface area contributed by atoms with Gasteiger partial charge in [0, 0.05) is 24.7 Å². The molecule has 90 valence electrons. The second-order valence-electron chi connectivity index (χ2n) is 3.44. The fraction of sp³-hybridized carbons (Fsp3) is 0.556. The highest BCUT2D eigenvalue weighted by atomic mass is 32.2. The molecule has 1 rings (SSSR count). The van der Waals surface area contributed by atoms with Crippen LogP contribution in [0.2, 0.25) is 0 Å². The van der Waals surface area contributed by atoms with Gasteiger partial charge in [-0.15, -0.1) is 0 Å². The lowest BCUT2D eigenvalue weighted by Crippen LogP contribution is -2.38. The topological polar surface area (TPSA) is 83.6 Å². The molecule has 1 heterocycles. The van der Waals surface area contributed by atoms with Crippen molar-refractivity contribution in [2.24, 2.45) is 0 Å². The summed E-state index contributed by atoms with van der Waals surface area (Å²) in [5.41, 5.74) is 0.339. The summed E-state index contributed by atoms with van der Waals surface area (Å²) >= 11 is 0. The number of sulfonamides is 1. The van der Waals surface area contributed by atoms with Crippen molar-refractivity contribution in [2.75, 3.05) is 18.8 Å². The van der Waals surface area contributed by atoms with Crippen molar-refractivity contribution in [3.05, 3.63) is 11.6 Å². The van der Waals surface area contributed by atoms with Gasteiger partial charge in [0.15, 0.2) is 0 Å². The van der Waals surface area contributed by atoms with Crippen molar-refractivity contribution in [3.63, 3.8) is 0 Å². The lowest BCUT2D eigenvalue weighted by Gasteiger charge is -2.14. The van der Waals surface area contributed by atoms with Gasteiger partial charge in [0.25, 0.3) is 11.8 Å². The van der Waals surface area contributed by atoms with E-state index in [0.29, 0.717) is 12.1 Å². The molecule has 0 unspecified atom stereocenters. The number of hydrogen-bond acceptors (Lipinski definition) is 4. The highest BCUT2D eigenvalue weighted by Crippen LogP contribution is 2.11. The van der Waals surface area contributed by atoms with Crippen molar-refractivity contribution in [3.8, 4) is 0 Å².